The Morgan fingerprint density at radius 3 is 2.62 bits per heavy atom. The summed E-state index contributed by atoms with van der Waals surface area (Å²) in [7, 11) is 0. The summed E-state index contributed by atoms with van der Waals surface area (Å²) in [6, 6.07) is 14.3. The fourth-order valence-corrected chi connectivity index (χ4v) is 4.45. The summed E-state index contributed by atoms with van der Waals surface area (Å²) in [5.74, 6) is -0.516. The smallest absolute Gasteiger partial charge is 0.309 e. The van der Waals surface area contributed by atoms with E-state index in [9.17, 15) is 9.59 Å². The zero-order valence-corrected chi connectivity index (χ0v) is 17.9. The van der Waals surface area contributed by atoms with Gasteiger partial charge in [0.15, 0.2) is 11.5 Å². The molecule has 3 aromatic rings. The van der Waals surface area contributed by atoms with Crippen molar-refractivity contribution in [3.8, 4) is 11.3 Å². The standard InChI is InChI=1S/C25H25N3O4/c1-15-2-4-16(5-3-15)11-26-24(29)22-21-9-7-18-10-17(6-8-20(18)23(21)32-27-22)12-28-13-19(14-28)25(30)31/h2-6,8,10,19H,7,9,11-14H2,1H3,(H,26,29)(H,30,31). The second kappa shape index (κ2) is 8.24. The molecule has 1 aliphatic carbocycles. The molecule has 2 N–H and O–H groups in total. The summed E-state index contributed by atoms with van der Waals surface area (Å²) < 4.78 is 5.61. The van der Waals surface area contributed by atoms with Crippen molar-refractivity contribution in [2.24, 2.45) is 5.92 Å². The highest BCUT2D eigenvalue weighted by Gasteiger charge is 2.32. The molecule has 5 rings (SSSR count). The normalized spacial score (nSPS) is 15.5. The van der Waals surface area contributed by atoms with E-state index in [0.717, 1.165) is 35.2 Å². The lowest BCUT2D eigenvalue weighted by Crippen LogP contribution is -2.49. The van der Waals surface area contributed by atoms with E-state index in [1.54, 1.807) is 0 Å². The second-order valence-corrected chi connectivity index (χ2v) is 8.73. The van der Waals surface area contributed by atoms with Crippen LogP contribution in [0.2, 0.25) is 0 Å². The first-order valence-corrected chi connectivity index (χ1v) is 10.9. The van der Waals surface area contributed by atoms with E-state index in [0.29, 0.717) is 37.5 Å². The summed E-state index contributed by atoms with van der Waals surface area (Å²) >= 11 is 0. The first-order valence-electron chi connectivity index (χ1n) is 10.9. The van der Waals surface area contributed by atoms with Crippen LogP contribution in [0.4, 0.5) is 0 Å². The topological polar surface area (TPSA) is 95.7 Å². The van der Waals surface area contributed by atoms with E-state index in [1.807, 2.05) is 43.3 Å². The zero-order valence-electron chi connectivity index (χ0n) is 17.9. The number of carbonyl (C=O) groups is 2. The van der Waals surface area contributed by atoms with Crippen molar-refractivity contribution in [3.63, 3.8) is 0 Å². The van der Waals surface area contributed by atoms with E-state index in [4.69, 9.17) is 9.63 Å². The van der Waals surface area contributed by atoms with Crippen LogP contribution < -0.4 is 5.32 Å². The lowest BCUT2D eigenvalue weighted by Gasteiger charge is -2.36. The molecule has 2 aliphatic rings. The molecule has 2 aromatic carbocycles. The Morgan fingerprint density at radius 2 is 1.88 bits per heavy atom. The van der Waals surface area contributed by atoms with E-state index in [1.165, 1.54) is 11.1 Å². The van der Waals surface area contributed by atoms with Crippen molar-refractivity contribution in [2.45, 2.75) is 32.9 Å². The highest BCUT2D eigenvalue weighted by molar-refractivity contribution is 5.95. The molecule has 0 spiro atoms. The average Bonchev–Trinajstić information content (AvgIpc) is 3.19. The lowest BCUT2D eigenvalue weighted by molar-refractivity contribution is -0.147. The molecule has 1 saturated heterocycles. The number of amides is 1. The fraction of sp³-hybridized carbons (Fsp3) is 0.320. The third-order valence-corrected chi connectivity index (χ3v) is 6.35. The molecule has 0 unspecified atom stereocenters. The minimum absolute atomic E-state index is 0.221. The monoisotopic (exact) mass is 431 g/mol. The maximum absolute atomic E-state index is 12.7. The number of nitrogens with one attached hydrogen (secondary N) is 1. The SMILES string of the molecule is Cc1ccc(CNC(=O)c2noc3c2CCc2cc(CN4CC(C(=O)O)C4)ccc2-3)cc1. The number of hydrogen-bond donors (Lipinski definition) is 2. The van der Waals surface area contributed by atoms with Crippen molar-refractivity contribution >= 4 is 11.9 Å². The summed E-state index contributed by atoms with van der Waals surface area (Å²) in [5, 5.41) is 16.1. The highest BCUT2D eigenvalue weighted by atomic mass is 16.5. The van der Waals surface area contributed by atoms with Crippen molar-refractivity contribution < 1.29 is 19.2 Å². The van der Waals surface area contributed by atoms with E-state index < -0.39 is 5.97 Å². The number of likely N-dealkylation sites (tertiary alicyclic amines) is 1. The van der Waals surface area contributed by atoms with Crippen LogP contribution in [0.15, 0.2) is 47.0 Å². The number of aliphatic carboxylic acids is 1. The van der Waals surface area contributed by atoms with Crippen LogP contribution in [0, 0.1) is 12.8 Å². The number of hydrogen-bond acceptors (Lipinski definition) is 5. The van der Waals surface area contributed by atoms with Crippen LogP contribution in [0.25, 0.3) is 11.3 Å². The van der Waals surface area contributed by atoms with Gasteiger partial charge in [-0.2, -0.15) is 0 Å². The van der Waals surface area contributed by atoms with Gasteiger partial charge in [0.25, 0.3) is 5.91 Å². The van der Waals surface area contributed by atoms with Gasteiger partial charge in [0, 0.05) is 37.3 Å². The molecule has 164 valence electrons. The van der Waals surface area contributed by atoms with Gasteiger partial charge in [-0.15, -0.1) is 0 Å². The molecule has 0 radical (unpaired) electrons. The Balaban J connectivity index is 1.27. The second-order valence-electron chi connectivity index (χ2n) is 8.73. The number of aromatic nitrogens is 1. The predicted octanol–water partition coefficient (Wildman–Crippen LogP) is 3.20. The number of nitrogens with zero attached hydrogens (tertiary/aromatic N) is 2. The summed E-state index contributed by atoms with van der Waals surface area (Å²) in [6.45, 7) is 4.41. The number of fused-ring (bicyclic) bond motifs is 3. The molecule has 2 heterocycles. The summed E-state index contributed by atoms with van der Waals surface area (Å²) in [4.78, 5) is 25.9. The van der Waals surface area contributed by atoms with Crippen LogP contribution >= 0.6 is 0 Å². The van der Waals surface area contributed by atoms with Gasteiger partial charge >= 0.3 is 5.97 Å². The number of carboxylic acid groups (broad SMARTS) is 1. The average molecular weight is 431 g/mol. The van der Waals surface area contributed by atoms with Crippen molar-refractivity contribution in [3.05, 3.63) is 76.0 Å². The van der Waals surface area contributed by atoms with Gasteiger partial charge in [-0.05, 0) is 36.5 Å². The molecule has 0 atom stereocenters. The number of carbonyl (C=O) groups excluding carboxylic acids is 1. The van der Waals surface area contributed by atoms with Gasteiger partial charge in [0.1, 0.15) is 0 Å². The molecule has 1 aliphatic heterocycles. The quantitative estimate of drug-likeness (QED) is 0.622. The molecule has 7 heteroatoms. The fourth-order valence-electron chi connectivity index (χ4n) is 4.45. The van der Waals surface area contributed by atoms with Gasteiger partial charge < -0.3 is 14.9 Å². The van der Waals surface area contributed by atoms with Gasteiger partial charge in [-0.3, -0.25) is 14.5 Å². The van der Waals surface area contributed by atoms with E-state index in [2.05, 4.69) is 21.4 Å². The maximum atomic E-state index is 12.7. The minimum Gasteiger partial charge on any atom is -0.481 e. The van der Waals surface area contributed by atoms with Crippen molar-refractivity contribution in [2.75, 3.05) is 13.1 Å². The van der Waals surface area contributed by atoms with Gasteiger partial charge in [-0.1, -0.05) is 53.2 Å². The maximum Gasteiger partial charge on any atom is 0.309 e. The predicted molar refractivity (Wildman–Crippen MR) is 118 cm³/mol. The number of rotatable bonds is 6. The molecule has 32 heavy (non-hydrogen) atoms. The third kappa shape index (κ3) is 3.91. The lowest BCUT2D eigenvalue weighted by atomic mass is 9.88. The Morgan fingerprint density at radius 1 is 1.12 bits per heavy atom. The van der Waals surface area contributed by atoms with Crippen LogP contribution in [-0.4, -0.2) is 40.1 Å². The Bertz CT molecular complexity index is 1180. The van der Waals surface area contributed by atoms with Crippen LogP contribution in [0.1, 0.15) is 38.3 Å². The van der Waals surface area contributed by atoms with Crippen molar-refractivity contribution in [1.29, 1.82) is 0 Å². The molecule has 0 bridgehead atoms. The number of benzene rings is 2. The first-order chi connectivity index (χ1) is 15.5. The van der Waals surface area contributed by atoms with E-state index >= 15 is 0 Å². The highest BCUT2D eigenvalue weighted by Crippen LogP contribution is 2.36. The largest absolute Gasteiger partial charge is 0.481 e. The Labute approximate surface area is 186 Å². The first kappa shape index (κ1) is 20.5. The van der Waals surface area contributed by atoms with Gasteiger partial charge in [0.05, 0.1) is 5.92 Å². The van der Waals surface area contributed by atoms with E-state index in [-0.39, 0.29) is 11.8 Å². The molecule has 1 aromatic heterocycles. The Hall–Kier alpha value is -3.45. The molecule has 1 fully saturated rings. The molecule has 0 saturated carbocycles. The minimum atomic E-state index is -0.719. The molecular formula is C25H25N3O4. The van der Waals surface area contributed by atoms with Crippen molar-refractivity contribution in [1.82, 2.24) is 15.4 Å². The van der Waals surface area contributed by atoms with Crippen LogP contribution in [-0.2, 0) is 30.7 Å². The third-order valence-electron chi connectivity index (χ3n) is 6.35. The van der Waals surface area contributed by atoms with Gasteiger partial charge in [-0.25, -0.2) is 0 Å². The molecular weight excluding hydrogens is 406 g/mol. The van der Waals surface area contributed by atoms with Crippen LogP contribution in [0.3, 0.4) is 0 Å². The zero-order chi connectivity index (χ0) is 22.2. The Kier molecular flexibility index (Phi) is 5.27. The molecule has 7 nitrogen and oxygen atoms in total. The number of aryl methyl sites for hydroxylation is 2. The summed E-state index contributed by atoms with van der Waals surface area (Å²) in [5.41, 5.74) is 6.76. The van der Waals surface area contributed by atoms with Crippen LogP contribution in [0.5, 0.6) is 0 Å². The van der Waals surface area contributed by atoms with Gasteiger partial charge in [0.2, 0.25) is 0 Å². The number of carboxylic acids is 1. The summed E-state index contributed by atoms with van der Waals surface area (Å²) in [6.07, 6.45) is 1.51. The molecule has 1 amide bonds.